The largest absolute Gasteiger partial charge is 0.497 e. The van der Waals surface area contributed by atoms with Gasteiger partial charge < -0.3 is 18.9 Å². The summed E-state index contributed by atoms with van der Waals surface area (Å²) in [5.74, 6) is 0.381. The van der Waals surface area contributed by atoms with Crippen LogP contribution in [0.15, 0.2) is 53.2 Å². The highest BCUT2D eigenvalue weighted by Crippen LogP contribution is 2.26. The Hall–Kier alpha value is -3.42. The van der Waals surface area contributed by atoms with Crippen molar-refractivity contribution in [2.75, 3.05) is 14.2 Å². The third-order valence-corrected chi connectivity index (χ3v) is 3.60. The molecule has 0 atom stereocenters. The fraction of sp³-hybridized carbons (Fsp3) is 0.158. The number of nitrogens with zero attached hydrogens (tertiary/aromatic N) is 1. The molecule has 0 spiro atoms. The summed E-state index contributed by atoms with van der Waals surface area (Å²) >= 11 is 0. The third kappa shape index (κ3) is 4.41. The van der Waals surface area contributed by atoms with Crippen molar-refractivity contribution in [3.05, 3.63) is 59.3 Å². The number of alkyl halides is 2. The molecule has 27 heavy (non-hydrogen) atoms. The summed E-state index contributed by atoms with van der Waals surface area (Å²) in [6.45, 7) is -2.95. The molecule has 0 amide bonds. The second-order valence-electron chi connectivity index (χ2n) is 5.39. The zero-order chi connectivity index (χ0) is 19.4. The van der Waals surface area contributed by atoms with Crippen LogP contribution < -0.4 is 14.2 Å². The van der Waals surface area contributed by atoms with Gasteiger partial charge in [-0.1, -0.05) is 6.07 Å². The Morgan fingerprint density at radius 3 is 2.37 bits per heavy atom. The first-order valence-electron chi connectivity index (χ1n) is 7.79. The van der Waals surface area contributed by atoms with Gasteiger partial charge in [0.1, 0.15) is 17.2 Å². The van der Waals surface area contributed by atoms with Crippen molar-refractivity contribution >= 4 is 17.9 Å². The molecule has 140 valence electrons. The molecule has 0 saturated heterocycles. The predicted octanol–water partition coefficient (Wildman–Crippen LogP) is 3.65. The number of cyclic esters (lactones) is 1. The molecule has 0 unspecified atom stereocenters. The molecule has 0 aromatic heterocycles. The van der Waals surface area contributed by atoms with Crippen LogP contribution in [0, 0.1) is 0 Å². The van der Waals surface area contributed by atoms with Crippen LogP contribution in [-0.4, -0.2) is 32.7 Å². The fourth-order valence-electron chi connectivity index (χ4n) is 2.41. The number of hydrogen-bond acceptors (Lipinski definition) is 6. The molecule has 1 heterocycles. The number of carbonyl (C=O) groups is 1. The number of rotatable bonds is 6. The summed E-state index contributed by atoms with van der Waals surface area (Å²) in [6, 6.07) is 10.8. The van der Waals surface area contributed by atoms with Crippen molar-refractivity contribution in [3.63, 3.8) is 0 Å². The maximum Gasteiger partial charge on any atom is 0.387 e. The van der Waals surface area contributed by atoms with Gasteiger partial charge in [-0.2, -0.15) is 8.78 Å². The quantitative estimate of drug-likeness (QED) is 0.570. The number of esters is 1. The molecule has 0 bridgehead atoms. The van der Waals surface area contributed by atoms with Gasteiger partial charge in [0.2, 0.25) is 5.90 Å². The Bertz CT molecular complexity index is 902. The van der Waals surface area contributed by atoms with Crippen molar-refractivity contribution in [2.24, 2.45) is 4.99 Å². The summed E-state index contributed by atoms with van der Waals surface area (Å²) in [4.78, 5) is 16.3. The lowest BCUT2D eigenvalue weighted by Gasteiger charge is -2.05. The van der Waals surface area contributed by atoms with Crippen molar-refractivity contribution in [2.45, 2.75) is 6.61 Å². The second-order valence-corrected chi connectivity index (χ2v) is 5.39. The maximum atomic E-state index is 12.4. The van der Waals surface area contributed by atoms with E-state index in [2.05, 4.69) is 9.73 Å². The first kappa shape index (κ1) is 18.4. The number of methoxy groups -OCH3 is 2. The van der Waals surface area contributed by atoms with Gasteiger partial charge in [-0.25, -0.2) is 9.79 Å². The van der Waals surface area contributed by atoms with E-state index in [1.807, 2.05) is 0 Å². The van der Waals surface area contributed by atoms with Crippen LogP contribution in [0.3, 0.4) is 0 Å². The molecule has 2 aromatic carbocycles. The molecule has 2 aromatic rings. The Balaban J connectivity index is 1.91. The molecular weight excluding hydrogens is 360 g/mol. The van der Waals surface area contributed by atoms with Crippen molar-refractivity contribution < 1.29 is 32.5 Å². The van der Waals surface area contributed by atoms with Crippen LogP contribution in [-0.2, 0) is 9.53 Å². The first-order valence-corrected chi connectivity index (χ1v) is 7.79. The minimum Gasteiger partial charge on any atom is -0.497 e. The van der Waals surface area contributed by atoms with Crippen LogP contribution >= 0.6 is 0 Å². The lowest BCUT2D eigenvalue weighted by molar-refractivity contribution is -0.129. The Labute approximate surface area is 153 Å². The van der Waals surface area contributed by atoms with Gasteiger partial charge in [-0.3, -0.25) is 0 Å². The molecular formula is C19H15F2NO5. The second kappa shape index (κ2) is 7.86. The molecule has 3 rings (SSSR count). The Morgan fingerprint density at radius 2 is 1.74 bits per heavy atom. The SMILES string of the molecule is COc1cc(/C=C2\N=C(c3cccc(OC(F)F)c3)OC2=O)cc(OC)c1. The van der Waals surface area contributed by atoms with Crippen molar-refractivity contribution in [1.82, 2.24) is 0 Å². The van der Waals surface area contributed by atoms with E-state index in [9.17, 15) is 13.6 Å². The zero-order valence-corrected chi connectivity index (χ0v) is 14.4. The van der Waals surface area contributed by atoms with Gasteiger partial charge in [0.25, 0.3) is 0 Å². The monoisotopic (exact) mass is 375 g/mol. The van der Waals surface area contributed by atoms with Crippen LogP contribution in [0.4, 0.5) is 8.78 Å². The number of ether oxygens (including phenoxy) is 4. The molecule has 1 aliphatic heterocycles. The molecule has 0 aliphatic carbocycles. The van der Waals surface area contributed by atoms with E-state index in [1.54, 1.807) is 24.3 Å². The molecule has 6 nitrogen and oxygen atoms in total. The summed E-state index contributed by atoms with van der Waals surface area (Å²) < 4.78 is 44.6. The number of aliphatic imine (C=N–C) groups is 1. The fourth-order valence-corrected chi connectivity index (χ4v) is 2.41. The highest BCUT2D eigenvalue weighted by Gasteiger charge is 2.24. The van der Waals surface area contributed by atoms with E-state index in [-0.39, 0.29) is 17.3 Å². The van der Waals surface area contributed by atoms with Crippen LogP contribution in [0.5, 0.6) is 17.2 Å². The average molecular weight is 375 g/mol. The van der Waals surface area contributed by atoms with Gasteiger partial charge in [0.05, 0.1) is 14.2 Å². The van der Waals surface area contributed by atoms with Gasteiger partial charge in [-0.05, 0) is 42.0 Å². The lowest BCUT2D eigenvalue weighted by Crippen LogP contribution is -2.07. The summed E-state index contributed by atoms with van der Waals surface area (Å²) in [7, 11) is 3.03. The predicted molar refractivity (Wildman–Crippen MR) is 93.2 cm³/mol. The molecule has 0 N–H and O–H groups in total. The standard InChI is InChI=1S/C19H15F2NO5/c1-24-14-6-11(7-15(10-14)25-2)8-16-18(23)27-17(22-16)12-4-3-5-13(9-12)26-19(20)21/h3-10,19H,1-2H3/b16-8-. The van der Waals surface area contributed by atoms with Gasteiger partial charge in [0, 0.05) is 11.6 Å². The molecule has 1 aliphatic rings. The van der Waals surface area contributed by atoms with Crippen LogP contribution in [0.1, 0.15) is 11.1 Å². The van der Waals surface area contributed by atoms with Crippen molar-refractivity contribution in [1.29, 1.82) is 0 Å². The summed E-state index contributed by atoms with van der Waals surface area (Å²) in [5, 5.41) is 0. The Morgan fingerprint density at radius 1 is 1.04 bits per heavy atom. The van der Waals surface area contributed by atoms with Crippen LogP contribution in [0.2, 0.25) is 0 Å². The van der Waals surface area contributed by atoms with E-state index in [4.69, 9.17) is 14.2 Å². The first-order chi connectivity index (χ1) is 13.0. The maximum absolute atomic E-state index is 12.4. The van der Waals surface area contributed by atoms with E-state index >= 15 is 0 Å². The molecule has 0 fully saturated rings. The molecule has 8 heteroatoms. The van der Waals surface area contributed by atoms with Crippen molar-refractivity contribution in [3.8, 4) is 17.2 Å². The summed E-state index contributed by atoms with van der Waals surface area (Å²) in [6.07, 6.45) is 1.51. The molecule has 0 saturated carbocycles. The highest BCUT2D eigenvalue weighted by atomic mass is 19.3. The lowest BCUT2D eigenvalue weighted by atomic mass is 10.1. The highest BCUT2D eigenvalue weighted by molar-refractivity contribution is 6.13. The molecule has 0 radical (unpaired) electrons. The van der Waals surface area contributed by atoms with E-state index in [0.29, 0.717) is 22.6 Å². The van der Waals surface area contributed by atoms with Crippen LogP contribution in [0.25, 0.3) is 6.08 Å². The number of halogens is 2. The third-order valence-electron chi connectivity index (χ3n) is 3.60. The number of hydrogen-bond donors (Lipinski definition) is 0. The van der Waals surface area contributed by atoms with Gasteiger partial charge >= 0.3 is 12.6 Å². The smallest absolute Gasteiger partial charge is 0.387 e. The number of carbonyl (C=O) groups excluding carboxylic acids is 1. The minimum atomic E-state index is -2.95. The van der Waals surface area contributed by atoms with E-state index in [1.165, 1.54) is 38.5 Å². The summed E-state index contributed by atoms with van der Waals surface area (Å²) in [5.41, 5.74) is 1.02. The number of benzene rings is 2. The normalized spacial score (nSPS) is 14.9. The average Bonchev–Trinajstić information content (AvgIpc) is 3.01. The topological polar surface area (TPSA) is 66.3 Å². The minimum absolute atomic E-state index is 0.000766. The zero-order valence-electron chi connectivity index (χ0n) is 14.4. The van der Waals surface area contributed by atoms with E-state index in [0.717, 1.165) is 0 Å². The van der Waals surface area contributed by atoms with Gasteiger partial charge in [0.15, 0.2) is 5.70 Å². The Kier molecular flexibility index (Phi) is 5.35. The van der Waals surface area contributed by atoms with Gasteiger partial charge in [-0.15, -0.1) is 0 Å². The van der Waals surface area contributed by atoms with E-state index < -0.39 is 12.6 Å².